The number of para-hydroxylation sites is 1. The van der Waals surface area contributed by atoms with Crippen molar-refractivity contribution < 1.29 is 5.21 Å². The van der Waals surface area contributed by atoms with Crippen LogP contribution >= 0.6 is 0 Å². The van der Waals surface area contributed by atoms with Crippen LogP contribution in [0.25, 0.3) is 10.9 Å². The maximum Gasteiger partial charge on any atom is 0.0899 e. The van der Waals surface area contributed by atoms with Crippen LogP contribution in [-0.2, 0) is 0 Å². The maximum absolute atomic E-state index is 8.42. The van der Waals surface area contributed by atoms with Crippen molar-refractivity contribution in [2.75, 3.05) is 0 Å². The normalized spacial score (nSPS) is 11.5. The fourth-order valence-electron chi connectivity index (χ4n) is 1.49. The molecule has 0 aliphatic rings. The Morgan fingerprint density at radius 3 is 2.85 bits per heavy atom. The second-order valence-corrected chi connectivity index (χ2v) is 2.95. The topological polar surface area (TPSA) is 48.4 Å². The van der Waals surface area contributed by atoms with Gasteiger partial charge in [0.25, 0.3) is 0 Å². The highest BCUT2D eigenvalue weighted by molar-refractivity contribution is 5.93. The van der Waals surface area contributed by atoms with Gasteiger partial charge in [0.2, 0.25) is 0 Å². The number of benzene rings is 1. The van der Waals surface area contributed by atoms with E-state index in [1.807, 2.05) is 31.2 Å². The zero-order valence-electron chi connectivity index (χ0n) is 7.28. The van der Waals surface area contributed by atoms with Gasteiger partial charge in [0.15, 0.2) is 0 Å². The molecule has 0 radical (unpaired) electrons. The molecule has 0 atom stereocenters. The molecule has 66 valence electrons. The highest BCUT2D eigenvalue weighted by Crippen LogP contribution is 2.19. The summed E-state index contributed by atoms with van der Waals surface area (Å²) in [5.74, 6) is 0. The fourth-order valence-corrected chi connectivity index (χ4v) is 1.49. The molecule has 1 heterocycles. The summed E-state index contributed by atoms with van der Waals surface area (Å²) in [6.07, 6.45) is 1.41. The van der Waals surface area contributed by atoms with Crippen LogP contribution in [0.1, 0.15) is 11.3 Å². The molecule has 0 saturated heterocycles. The molecule has 0 saturated carbocycles. The predicted octanol–water partition coefficient (Wildman–Crippen LogP) is 2.28. The smallest absolute Gasteiger partial charge is 0.0899 e. The Bertz CT molecular complexity index is 457. The van der Waals surface area contributed by atoms with Gasteiger partial charge >= 0.3 is 0 Å². The SMILES string of the molecule is Cc1c(C=NO)[nH]c2ccccc12. The van der Waals surface area contributed by atoms with Gasteiger partial charge in [-0.05, 0) is 18.6 Å². The average molecular weight is 174 g/mol. The molecule has 3 heteroatoms. The standard InChI is InChI=1S/C10H10N2O/c1-7-8-4-2-3-5-9(8)12-10(7)6-11-13/h2-6,12-13H,1H3. The summed E-state index contributed by atoms with van der Waals surface area (Å²) >= 11 is 0. The van der Waals surface area contributed by atoms with Crippen molar-refractivity contribution in [1.82, 2.24) is 4.98 Å². The quantitative estimate of drug-likeness (QED) is 0.389. The van der Waals surface area contributed by atoms with Crippen molar-refractivity contribution in [2.45, 2.75) is 6.92 Å². The summed E-state index contributed by atoms with van der Waals surface area (Å²) in [4.78, 5) is 3.16. The highest BCUT2D eigenvalue weighted by atomic mass is 16.4. The molecule has 0 spiro atoms. The van der Waals surface area contributed by atoms with Gasteiger partial charge in [0.05, 0.1) is 11.9 Å². The molecule has 3 nitrogen and oxygen atoms in total. The van der Waals surface area contributed by atoms with Crippen molar-refractivity contribution in [1.29, 1.82) is 0 Å². The Hall–Kier alpha value is -1.77. The molecule has 0 aliphatic heterocycles. The Morgan fingerprint density at radius 2 is 2.15 bits per heavy atom. The predicted molar refractivity (Wildman–Crippen MR) is 52.4 cm³/mol. The molecule has 2 aromatic rings. The van der Waals surface area contributed by atoms with Crippen LogP contribution in [0.15, 0.2) is 29.4 Å². The van der Waals surface area contributed by atoms with Crippen LogP contribution in [0.3, 0.4) is 0 Å². The van der Waals surface area contributed by atoms with Crippen LogP contribution in [0, 0.1) is 6.92 Å². The van der Waals surface area contributed by atoms with Crippen LogP contribution in [0.4, 0.5) is 0 Å². The van der Waals surface area contributed by atoms with E-state index in [4.69, 9.17) is 5.21 Å². The van der Waals surface area contributed by atoms with E-state index in [2.05, 4.69) is 10.1 Å². The maximum atomic E-state index is 8.42. The zero-order valence-corrected chi connectivity index (χ0v) is 7.28. The number of hydrogen-bond donors (Lipinski definition) is 2. The minimum atomic E-state index is 0.851. The van der Waals surface area contributed by atoms with Crippen molar-refractivity contribution in [3.05, 3.63) is 35.5 Å². The summed E-state index contributed by atoms with van der Waals surface area (Å²) in [5.41, 5.74) is 3.02. The molecule has 0 aliphatic carbocycles. The number of H-pyrrole nitrogens is 1. The highest BCUT2D eigenvalue weighted by Gasteiger charge is 2.03. The summed E-state index contributed by atoms with van der Waals surface area (Å²) < 4.78 is 0. The Balaban J connectivity index is 2.73. The molecule has 2 rings (SSSR count). The first kappa shape index (κ1) is 7.86. The van der Waals surface area contributed by atoms with Crippen LogP contribution in [-0.4, -0.2) is 16.4 Å². The third-order valence-corrected chi connectivity index (χ3v) is 2.19. The average Bonchev–Trinajstić information content (AvgIpc) is 2.46. The first-order valence-corrected chi connectivity index (χ1v) is 4.07. The number of hydrogen-bond acceptors (Lipinski definition) is 2. The van der Waals surface area contributed by atoms with Crippen molar-refractivity contribution in [3.8, 4) is 0 Å². The van der Waals surface area contributed by atoms with Crippen LogP contribution < -0.4 is 0 Å². The van der Waals surface area contributed by atoms with Gasteiger partial charge in [-0.2, -0.15) is 0 Å². The second kappa shape index (κ2) is 2.94. The lowest BCUT2D eigenvalue weighted by Crippen LogP contribution is -1.82. The molecule has 0 bridgehead atoms. The lowest BCUT2D eigenvalue weighted by molar-refractivity contribution is 0.321. The number of aromatic amines is 1. The largest absolute Gasteiger partial charge is 0.411 e. The summed E-state index contributed by atoms with van der Waals surface area (Å²) in [6.45, 7) is 2.00. The van der Waals surface area contributed by atoms with E-state index in [0.717, 1.165) is 22.2 Å². The van der Waals surface area contributed by atoms with E-state index < -0.39 is 0 Å². The van der Waals surface area contributed by atoms with E-state index in [1.165, 1.54) is 6.21 Å². The van der Waals surface area contributed by atoms with Gasteiger partial charge in [0.1, 0.15) is 0 Å². The number of nitrogens with zero attached hydrogens (tertiary/aromatic N) is 1. The molecule has 2 N–H and O–H groups in total. The van der Waals surface area contributed by atoms with Crippen molar-refractivity contribution in [3.63, 3.8) is 0 Å². The molecular formula is C10H10N2O. The lowest BCUT2D eigenvalue weighted by Gasteiger charge is -1.88. The van der Waals surface area contributed by atoms with Crippen LogP contribution in [0.5, 0.6) is 0 Å². The number of aromatic nitrogens is 1. The van der Waals surface area contributed by atoms with E-state index >= 15 is 0 Å². The van der Waals surface area contributed by atoms with E-state index in [-0.39, 0.29) is 0 Å². The molecule has 0 fully saturated rings. The van der Waals surface area contributed by atoms with Gasteiger partial charge < -0.3 is 10.2 Å². The number of oxime groups is 1. The molecule has 1 aromatic heterocycles. The Kier molecular flexibility index (Phi) is 1.77. The molecule has 0 amide bonds. The van der Waals surface area contributed by atoms with Gasteiger partial charge in [-0.1, -0.05) is 23.4 Å². The summed E-state index contributed by atoms with van der Waals surface area (Å²) in [5, 5.41) is 12.6. The van der Waals surface area contributed by atoms with Crippen LogP contribution in [0.2, 0.25) is 0 Å². The minimum absolute atomic E-state index is 0.851. The van der Waals surface area contributed by atoms with E-state index in [0.29, 0.717) is 0 Å². The molecular weight excluding hydrogens is 164 g/mol. The fraction of sp³-hybridized carbons (Fsp3) is 0.100. The van der Waals surface area contributed by atoms with Gasteiger partial charge in [0, 0.05) is 10.9 Å². The zero-order chi connectivity index (χ0) is 9.26. The number of rotatable bonds is 1. The third-order valence-electron chi connectivity index (χ3n) is 2.19. The second-order valence-electron chi connectivity index (χ2n) is 2.95. The third kappa shape index (κ3) is 1.18. The van der Waals surface area contributed by atoms with Gasteiger partial charge in [-0.25, -0.2) is 0 Å². The summed E-state index contributed by atoms with van der Waals surface area (Å²) in [6, 6.07) is 7.99. The van der Waals surface area contributed by atoms with E-state index in [1.54, 1.807) is 0 Å². The Labute approximate surface area is 75.7 Å². The number of fused-ring (bicyclic) bond motifs is 1. The molecule has 1 aromatic carbocycles. The molecule has 13 heavy (non-hydrogen) atoms. The van der Waals surface area contributed by atoms with E-state index in [9.17, 15) is 0 Å². The number of aryl methyl sites for hydroxylation is 1. The summed E-state index contributed by atoms with van der Waals surface area (Å²) in [7, 11) is 0. The first-order chi connectivity index (χ1) is 6.33. The van der Waals surface area contributed by atoms with Gasteiger partial charge in [-0.15, -0.1) is 0 Å². The Morgan fingerprint density at radius 1 is 1.38 bits per heavy atom. The minimum Gasteiger partial charge on any atom is -0.411 e. The first-order valence-electron chi connectivity index (χ1n) is 4.07. The monoisotopic (exact) mass is 174 g/mol. The van der Waals surface area contributed by atoms with Crippen molar-refractivity contribution in [2.24, 2.45) is 5.16 Å². The number of nitrogens with one attached hydrogen (secondary N) is 1. The lowest BCUT2D eigenvalue weighted by atomic mass is 10.1. The van der Waals surface area contributed by atoms with Crippen molar-refractivity contribution >= 4 is 17.1 Å². The van der Waals surface area contributed by atoms with Gasteiger partial charge in [-0.3, -0.25) is 0 Å². The molecule has 0 unspecified atom stereocenters.